The van der Waals surface area contributed by atoms with Gasteiger partial charge in [0, 0.05) is 68.7 Å². The van der Waals surface area contributed by atoms with E-state index in [0.717, 1.165) is 77.5 Å². The van der Waals surface area contributed by atoms with E-state index in [2.05, 4.69) is 46.0 Å². The molecule has 46 heavy (non-hydrogen) atoms. The third-order valence-electron chi connectivity index (χ3n) is 9.93. The zero-order chi connectivity index (χ0) is 32.2. The van der Waals surface area contributed by atoms with E-state index in [-0.39, 0.29) is 11.6 Å². The van der Waals surface area contributed by atoms with Crippen molar-refractivity contribution in [1.82, 2.24) is 19.8 Å². The predicted octanol–water partition coefficient (Wildman–Crippen LogP) is 6.10. The van der Waals surface area contributed by atoms with E-state index in [1.807, 2.05) is 32.9 Å². The second-order valence-corrected chi connectivity index (χ2v) is 14.9. The first-order chi connectivity index (χ1) is 22.0. The molecule has 0 N–H and O–H groups in total. The SMILES string of the molecule is CN(CC1CN(C(=O)OC(C)(C)C)C1)c1nc(OC[C@@]23CCCN2C[C@H](F)C3)nc2c1CCN(c1cccc3cccc(Cl)c13)C2. The van der Waals surface area contributed by atoms with Gasteiger partial charge in [-0.05, 0) is 64.1 Å². The molecule has 1 amide bonds. The Morgan fingerprint density at radius 3 is 2.70 bits per heavy atom. The topological polar surface area (TPSA) is 74.3 Å². The highest BCUT2D eigenvalue weighted by molar-refractivity contribution is 6.36. The van der Waals surface area contributed by atoms with Gasteiger partial charge in [0.15, 0.2) is 0 Å². The van der Waals surface area contributed by atoms with Crippen LogP contribution in [0.2, 0.25) is 5.02 Å². The smallest absolute Gasteiger partial charge is 0.410 e. The molecule has 9 nitrogen and oxygen atoms in total. The number of anilines is 2. The van der Waals surface area contributed by atoms with E-state index in [9.17, 15) is 9.18 Å². The highest BCUT2D eigenvalue weighted by Gasteiger charge is 2.49. The van der Waals surface area contributed by atoms with Crippen molar-refractivity contribution in [2.75, 3.05) is 62.7 Å². The molecule has 1 aromatic heterocycles. The van der Waals surface area contributed by atoms with Crippen molar-refractivity contribution in [3.8, 4) is 6.01 Å². The lowest BCUT2D eigenvalue weighted by molar-refractivity contribution is 0.000167. The van der Waals surface area contributed by atoms with Gasteiger partial charge in [-0.3, -0.25) is 4.90 Å². The van der Waals surface area contributed by atoms with Crippen molar-refractivity contribution in [2.24, 2.45) is 5.92 Å². The zero-order valence-corrected chi connectivity index (χ0v) is 28.0. The minimum Gasteiger partial charge on any atom is -0.461 e. The van der Waals surface area contributed by atoms with Crippen molar-refractivity contribution in [3.05, 3.63) is 52.7 Å². The molecule has 0 saturated carbocycles. The second kappa shape index (κ2) is 12.0. The first-order valence-electron chi connectivity index (χ1n) is 16.5. The quantitative estimate of drug-likeness (QED) is 0.304. The highest BCUT2D eigenvalue weighted by Crippen LogP contribution is 2.41. The maximum Gasteiger partial charge on any atom is 0.410 e. The summed E-state index contributed by atoms with van der Waals surface area (Å²) in [4.78, 5) is 31.0. The van der Waals surface area contributed by atoms with Crippen LogP contribution in [-0.2, 0) is 17.7 Å². The van der Waals surface area contributed by atoms with Crippen molar-refractivity contribution >= 4 is 40.0 Å². The van der Waals surface area contributed by atoms with E-state index in [1.165, 1.54) is 0 Å². The Morgan fingerprint density at radius 2 is 1.91 bits per heavy atom. The van der Waals surface area contributed by atoms with Crippen LogP contribution in [-0.4, -0.2) is 96.1 Å². The number of rotatable bonds is 7. The number of alkyl halides is 1. The normalized spacial score (nSPS) is 23.3. The van der Waals surface area contributed by atoms with E-state index in [4.69, 9.17) is 31.0 Å². The van der Waals surface area contributed by atoms with Gasteiger partial charge >= 0.3 is 12.1 Å². The molecular weight excluding hydrogens is 607 g/mol. The summed E-state index contributed by atoms with van der Waals surface area (Å²) in [5.74, 6) is 1.17. The van der Waals surface area contributed by atoms with E-state index in [1.54, 1.807) is 4.90 Å². The molecule has 2 atom stereocenters. The summed E-state index contributed by atoms with van der Waals surface area (Å²) in [7, 11) is 2.06. The molecular formula is C35H44ClFN6O3. The molecule has 3 fully saturated rings. The molecule has 246 valence electrons. The summed E-state index contributed by atoms with van der Waals surface area (Å²) >= 11 is 6.72. The van der Waals surface area contributed by atoms with Gasteiger partial charge in [-0.2, -0.15) is 9.97 Å². The number of ether oxygens (including phenoxy) is 2. The van der Waals surface area contributed by atoms with Crippen LogP contribution in [0.1, 0.15) is 51.3 Å². The van der Waals surface area contributed by atoms with Gasteiger partial charge in [0.25, 0.3) is 0 Å². The zero-order valence-electron chi connectivity index (χ0n) is 27.3. The molecule has 0 bridgehead atoms. The fourth-order valence-electron chi connectivity index (χ4n) is 7.80. The molecule has 0 radical (unpaired) electrons. The number of benzene rings is 2. The monoisotopic (exact) mass is 650 g/mol. The van der Waals surface area contributed by atoms with Crippen LogP contribution in [0.25, 0.3) is 10.8 Å². The lowest BCUT2D eigenvalue weighted by Gasteiger charge is -2.42. The minimum absolute atomic E-state index is 0.266. The van der Waals surface area contributed by atoms with Crippen LogP contribution in [0.5, 0.6) is 6.01 Å². The predicted molar refractivity (Wildman–Crippen MR) is 179 cm³/mol. The van der Waals surface area contributed by atoms with E-state index >= 15 is 0 Å². The number of hydrogen-bond acceptors (Lipinski definition) is 8. The van der Waals surface area contributed by atoms with Crippen LogP contribution in [0.3, 0.4) is 0 Å². The fraction of sp³-hybridized carbons (Fsp3) is 0.571. The van der Waals surface area contributed by atoms with Crippen LogP contribution in [0.15, 0.2) is 36.4 Å². The molecule has 3 aromatic rings. The Hall–Kier alpha value is -3.37. The summed E-state index contributed by atoms with van der Waals surface area (Å²) in [6.07, 6.45) is 2.16. The van der Waals surface area contributed by atoms with Gasteiger partial charge < -0.3 is 24.2 Å². The molecule has 0 unspecified atom stereocenters. The Morgan fingerprint density at radius 1 is 1.13 bits per heavy atom. The van der Waals surface area contributed by atoms with Gasteiger partial charge in [-0.1, -0.05) is 35.9 Å². The second-order valence-electron chi connectivity index (χ2n) is 14.5. The summed E-state index contributed by atoms with van der Waals surface area (Å²) in [6, 6.07) is 12.6. The molecule has 0 aliphatic carbocycles. The molecule has 7 rings (SSSR count). The Kier molecular flexibility index (Phi) is 8.16. The lowest BCUT2D eigenvalue weighted by Crippen LogP contribution is -2.54. The molecule has 11 heteroatoms. The lowest BCUT2D eigenvalue weighted by atomic mass is 9.95. The Balaban J connectivity index is 1.14. The van der Waals surface area contributed by atoms with E-state index in [0.29, 0.717) is 51.1 Å². The Labute approximate surface area is 275 Å². The number of hydrogen-bond donors (Lipinski definition) is 0. The number of carbonyl (C=O) groups excluding carboxylic acids is 1. The first kappa shape index (κ1) is 31.2. The molecule has 3 saturated heterocycles. The molecule has 5 heterocycles. The van der Waals surface area contributed by atoms with Crippen LogP contribution >= 0.6 is 11.6 Å². The third kappa shape index (κ3) is 6.06. The van der Waals surface area contributed by atoms with Crippen molar-refractivity contribution in [3.63, 3.8) is 0 Å². The van der Waals surface area contributed by atoms with Gasteiger partial charge in [-0.15, -0.1) is 0 Å². The summed E-state index contributed by atoms with van der Waals surface area (Å²) < 4.78 is 26.4. The summed E-state index contributed by atoms with van der Waals surface area (Å²) in [5.41, 5.74) is 2.34. The highest BCUT2D eigenvalue weighted by atomic mass is 35.5. The minimum atomic E-state index is -0.821. The maximum absolute atomic E-state index is 14.5. The number of nitrogens with zero attached hydrogens (tertiary/aromatic N) is 6. The number of carbonyl (C=O) groups is 1. The number of aromatic nitrogens is 2. The van der Waals surface area contributed by atoms with Gasteiger partial charge in [0.05, 0.1) is 22.8 Å². The number of halogens is 2. The number of amides is 1. The van der Waals surface area contributed by atoms with E-state index < -0.39 is 11.8 Å². The van der Waals surface area contributed by atoms with Crippen molar-refractivity contribution < 1.29 is 18.7 Å². The summed E-state index contributed by atoms with van der Waals surface area (Å²) in [6.45, 7) is 10.9. The largest absolute Gasteiger partial charge is 0.461 e. The van der Waals surface area contributed by atoms with Gasteiger partial charge in [0.2, 0.25) is 0 Å². The standard InChI is InChI=1S/C35H44ClFN6O3/c1-34(2,3)46-33(44)42-18-23(19-42)17-40(4)31-26-12-15-41(29-11-6-9-24-8-5-10-27(36)30(24)29)21-28(26)38-32(39-31)45-22-35-13-7-14-43(35)20-25(37)16-35/h5-6,8-11,23,25H,7,12-22H2,1-4H3/t25-,35+/m1/s1. The van der Waals surface area contributed by atoms with Crippen molar-refractivity contribution in [2.45, 2.75) is 70.3 Å². The maximum atomic E-state index is 14.5. The average Bonchev–Trinajstić information content (AvgIpc) is 3.51. The van der Waals surface area contributed by atoms with Crippen LogP contribution < -0.4 is 14.5 Å². The average molecular weight is 651 g/mol. The van der Waals surface area contributed by atoms with Crippen molar-refractivity contribution in [1.29, 1.82) is 0 Å². The molecule has 4 aliphatic heterocycles. The van der Waals surface area contributed by atoms with Crippen LogP contribution in [0.4, 0.5) is 20.7 Å². The number of fused-ring (bicyclic) bond motifs is 3. The molecule has 4 aliphatic rings. The molecule has 2 aromatic carbocycles. The van der Waals surface area contributed by atoms with Crippen LogP contribution in [0, 0.1) is 5.92 Å². The molecule has 0 spiro atoms. The third-order valence-corrected chi connectivity index (χ3v) is 10.2. The van der Waals surface area contributed by atoms with Gasteiger partial charge in [-0.25, -0.2) is 9.18 Å². The fourth-order valence-corrected chi connectivity index (χ4v) is 8.08. The first-order valence-corrected chi connectivity index (χ1v) is 16.9. The summed E-state index contributed by atoms with van der Waals surface area (Å²) in [5, 5.41) is 2.88. The number of likely N-dealkylation sites (tertiary alicyclic amines) is 1. The van der Waals surface area contributed by atoms with Gasteiger partial charge in [0.1, 0.15) is 24.2 Å². The Bertz CT molecular complexity index is 1620.